The fraction of sp³-hybridized carbons (Fsp3) is 0.455. The van der Waals surface area contributed by atoms with E-state index in [0.717, 1.165) is 12.3 Å². The zero-order valence-electron chi connectivity index (χ0n) is 10.1. The molecule has 1 aromatic heterocycles. The van der Waals surface area contributed by atoms with Gasteiger partial charge in [0, 0.05) is 13.6 Å². The van der Waals surface area contributed by atoms with Gasteiger partial charge in [-0.1, -0.05) is 0 Å². The van der Waals surface area contributed by atoms with Gasteiger partial charge in [-0.05, 0) is 19.9 Å². The predicted octanol–water partition coefficient (Wildman–Crippen LogP) is 0.646. The predicted molar refractivity (Wildman–Crippen MR) is 61.9 cm³/mol. The van der Waals surface area contributed by atoms with E-state index in [4.69, 9.17) is 5.73 Å². The lowest BCUT2D eigenvalue weighted by molar-refractivity contribution is 0.0368. The molecule has 0 bridgehead atoms. The number of hydrogen-bond donors (Lipinski definition) is 2. The van der Waals surface area contributed by atoms with Crippen LogP contribution in [0.1, 0.15) is 24.2 Å². The average Bonchev–Trinajstić information content (AvgIpc) is 2.18. The van der Waals surface area contributed by atoms with Crippen molar-refractivity contribution in [2.45, 2.75) is 19.4 Å². The van der Waals surface area contributed by atoms with Gasteiger partial charge in [-0.15, -0.1) is 0 Å². The number of aromatic nitrogens is 1. The minimum absolute atomic E-state index is 0.00301. The molecular formula is C11H16FN3O2. The lowest BCUT2D eigenvalue weighted by Crippen LogP contribution is -2.40. The van der Waals surface area contributed by atoms with Crippen molar-refractivity contribution in [3.8, 4) is 0 Å². The summed E-state index contributed by atoms with van der Waals surface area (Å²) in [7, 11) is 1.50. The van der Waals surface area contributed by atoms with Gasteiger partial charge < -0.3 is 15.7 Å². The van der Waals surface area contributed by atoms with Crippen LogP contribution < -0.4 is 5.73 Å². The van der Waals surface area contributed by atoms with Crippen LogP contribution in [0.15, 0.2) is 12.3 Å². The highest BCUT2D eigenvalue weighted by atomic mass is 19.1. The number of aliphatic hydroxyl groups is 1. The Kier molecular flexibility index (Phi) is 3.67. The van der Waals surface area contributed by atoms with Gasteiger partial charge in [0.15, 0.2) is 0 Å². The number of rotatable bonds is 3. The standard InChI is InChI=1S/C11H16FN3O2/c1-11(2,17)6-15(3)10(16)8-4-7(12)5-14-9(8)13/h4-5,17H,6H2,1-3H3,(H2,13,14). The number of amides is 1. The van der Waals surface area contributed by atoms with Crippen LogP contribution in [0.2, 0.25) is 0 Å². The lowest BCUT2D eigenvalue weighted by Gasteiger charge is -2.25. The van der Waals surface area contributed by atoms with E-state index in [1.807, 2.05) is 0 Å². The van der Waals surface area contributed by atoms with Gasteiger partial charge in [-0.25, -0.2) is 9.37 Å². The highest BCUT2D eigenvalue weighted by Gasteiger charge is 2.22. The highest BCUT2D eigenvalue weighted by molar-refractivity contribution is 5.98. The summed E-state index contributed by atoms with van der Waals surface area (Å²) in [4.78, 5) is 16.8. The number of nitrogens with zero attached hydrogens (tertiary/aromatic N) is 2. The molecule has 1 heterocycles. The van der Waals surface area contributed by atoms with E-state index in [2.05, 4.69) is 4.98 Å². The van der Waals surface area contributed by atoms with E-state index in [-0.39, 0.29) is 17.9 Å². The van der Waals surface area contributed by atoms with Crippen LogP contribution in [0.4, 0.5) is 10.2 Å². The van der Waals surface area contributed by atoms with Crippen LogP contribution in [-0.2, 0) is 0 Å². The third-order valence-corrected chi connectivity index (χ3v) is 2.09. The SMILES string of the molecule is CN(CC(C)(C)O)C(=O)c1cc(F)cnc1N. The number of pyridine rings is 1. The fourth-order valence-corrected chi connectivity index (χ4v) is 1.48. The molecule has 0 atom stereocenters. The van der Waals surface area contributed by atoms with E-state index in [1.54, 1.807) is 13.8 Å². The Morgan fingerprint density at radius 1 is 1.65 bits per heavy atom. The van der Waals surface area contributed by atoms with Crippen molar-refractivity contribution in [3.05, 3.63) is 23.6 Å². The minimum Gasteiger partial charge on any atom is -0.389 e. The summed E-state index contributed by atoms with van der Waals surface area (Å²) in [5, 5.41) is 9.59. The van der Waals surface area contributed by atoms with Crippen molar-refractivity contribution in [3.63, 3.8) is 0 Å². The first-order chi connectivity index (χ1) is 7.70. The van der Waals surface area contributed by atoms with E-state index >= 15 is 0 Å². The third-order valence-electron chi connectivity index (χ3n) is 2.09. The van der Waals surface area contributed by atoms with Gasteiger partial charge in [0.25, 0.3) is 5.91 Å². The van der Waals surface area contributed by atoms with E-state index in [1.165, 1.54) is 11.9 Å². The summed E-state index contributed by atoms with van der Waals surface area (Å²) < 4.78 is 13.0. The van der Waals surface area contributed by atoms with Gasteiger partial charge in [-0.2, -0.15) is 0 Å². The molecule has 0 aromatic carbocycles. The van der Waals surface area contributed by atoms with Crippen LogP contribution in [0.5, 0.6) is 0 Å². The Labute approximate surface area is 99.1 Å². The molecule has 1 amide bonds. The minimum atomic E-state index is -1.03. The third kappa shape index (κ3) is 3.67. The molecule has 0 saturated carbocycles. The molecule has 0 spiro atoms. The second kappa shape index (κ2) is 4.67. The Morgan fingerprint density at radius 2 is 2.24 bits per heavy atom. The van der Waals surface area contributed by atoms with Crippen LogP contribution in [0.3, 0.4) is 0 Å². The summed E-state index contributed by atoms with van der Waals surface area (Å²) in [5.74, 6) is -1.13. The number of nitrogens with two attached hydrogens (primary N) is 1. The molecule has 0 fully saturated rings. The average molecular weight is 241 g/mol. The first-order valence-electron chi connectivity index (χ1n) is 5.09. The summed E-state index contributed by atoms with van der Waals surface area (Å²) in [6.07, 6.45) is 0.947. The number of halogens is 1. The maximum Gasteiger partial charge on any atom is 0.257 e. The lowest BCUT2D eigenvalue weighted by atomic mass is 10.1. The number of likely N-dealkylation sites (N-methyl/N-ethyl adjacent to an activating group) is 1. The molecule has 5 nitrogen and oxygen atoms in total. The van der Waals surface area contributed by atoms with Crippen molar-refractivity contribution < 1.29 is 14.3 Å². The van der Waals surface area contributed by atoms with Crippen molar-refractivity contribution in [2.75, 3.05) is 19.3 Å². The second-order valence-corrected chi connectivity index (χ2v) is 4.56. The first-order valence-corrected chi connectivity index (χ1v) is 5.09. The maximum atomic E-state index is 13.0. The van der Waals surface area contributed by atoms with Gasteiger partial charge in [-0.3, -0.25) is 4.79 Å². The molecule has 0 aliphatic carbocycles. The normalized spacial score (nSPS) is 11.4. The van der Waals surface area contributed by atoms with Crippen molar-refractivity contribution >= 4 is 11.7 Å². The van der Waals surface area contributed by atoms with Gasteiger partial charge >= 0.3 is 0 Å². The Balaban J connectivity index is 2.93. The number of carbonyl (C=O) groups excluding carboxylic acids is 1. The van der Waals surface area contributed by atoms with Gasteiger partial charge in [0.05, 0.1) is 17.4 Å². The topological polar surface area (TPSA) is 79.5 Å². The summed E-state index contributed by atoms with van der Waals surface area (Å²) in [6.45, 7) is 3.26. The Hall–Kier alpha value is -1.69. The van der Waals surface area contributed by atoms with Crippen LogP contribution in [-0.4, -0.2) is 40.1 Å². The fourth-order valence-electron chi connectivity index (χ4n) is 1.48. The molecule has 94 valence electrons. The van der Waals surface area contributed by atoms with E-state index < -0.39 is 17.3 Å². The zero-order chi connectivity index (χ0) is 13.2. The molecule has 0 aliphatic heterocycles. The molecule has 0 radical (unpaired) electrons. The molecule has 0 aliphatic rings. The Morgan fingerprint density at radius 3 is 2.76 bits per heavy atom. The smallest absolute Gasteiger partial charge is 0.257 e. The van der Waals surface area contributed by atoms with Gasteiger partial charge in [0.1, 0.15) is 11.6 Å². The first kappa shape index (κ1) is 13.4. The largest absolute Gasteiger partial charge is 0.389 e. The zero-order valence-corrected chi connectivity index (χ0v) is 10.1. The molecular weight excluding hydrogens is 225 g/mol. The van der Waals surface area contributed by atoms with Crippen molar-refractivity contribution in [1.82, 2.24) is 9.88 Å². The van der Waals surface area contributed by atoms with Crippen LogP contribution in [0, 0.1) is 5.82 Å². The molecule has 1 aromatic rings. The molecule has 6 heteroatoms. The molecule has 3 N–H and O–H groups in total. The molecule has 0 unspecified atom stereocenters. The van der Waals surface area contributed by atoms with Crippen molar-refractivity contribution in [2.24, 2.45) is 0 Å². The second-order valence-electron chi connectivity index (χ2n) is 4.56. The van der Waals surface area contributed by atoms with E-state index in [9.17, 15) is 14.3 Å². The monoisotopic (exact) mass is 241 g/mol. The highest BCUT2D eigenvalue weighted by Crippen LogP contribution is 2.14. The number of hydrogen-bond acceptors (Lipinski definition) is 4. The summed E-state index contributed by atoms with van der Waals surface area (Å²) >= 11 is 0. The number of carbonyl (C=O) groups is 1. The molecule has 0 saturated heterocycles. The quantitative estimate of drug-likeness (QED) is 0.814. The van der Waals surface area contributed by atoms with Crippen molar-refractivity contribution in [1.29, 1.82) is 0 Å². The maximum absolute atomic E-state index is 13.0. The molecule has 1 rings (SSSR count). The summed E-state index contributed by atoms with van der Waals surface area (Å²) in [5.41, 5.74) is 4.47. The van der Waals surface area contributed by atoms with E-state index in [0.29, 0.717) is 0 Å². The Bertz CT molecular complexity index is 429. The van der Waals surface area contributed by atoms with Crippen LogP contribution >= 0.6 is 0 Å². The van der Waals surface area contributed by atoms with Crippen LogP contribution in [0.25, 0.3) is 0 Å². The number of nitrogen functional groups attached to an aromatic ring is 1. The number of anilines is 1. The molecule has 17 heavy (non-hydrogen) atoms. The van der Waals surface area contributed by atoms with Gasteiger partial charge in [0.2, 0.25) is 0 Å². The summed E-state index contributed by atoms with van der Waals surface area (Å²) in [6, 6.07) is 1.03.